The molecule has 126 valence electrons. The van der Waals surface area contributed by atoms with Gasteiger partial charge < -0.3 is 5.32 Å². The van der Waals surface area contributed by atoms with Gasteiger partial charge in [0.1, 0.15) is 17.3 Å². The van der Waals surface area contributed by atoms with Crippen molar-refractivity contribution in [2.45, 2.75) is 13.0 Å². The number of hydrogen-bond acceptors (Lipinski definition) is 3. The molecule has 0 aliphatic carbocycles. The average Bonchev–Trinajstić information content (AvgIpc) is 2.96. The number of pyridine rings is 1. The van der Waals surface area contributed by atoms with Crippen LogP contribution in [0.4, 0.5) is 10.2 Å². The fourth-order valence-electron chi connectivity index (χ4n) is 2.84. The van der Waals surface area contributed by atoms with E-state index in [1.54, 1.807) is 24.5 Å². The molecule has 0 saturated heterocycles. The maximum absolute atomic E-state index is 13.2. The highest BCUT2D eigenvalue weighted by molar-refractivity contribution is 5.89. The summed E-state index contributed by atoms with van der Waals surface area (Å²) in [7, 11) is 0. The van der Waals surface area contributed by atoms with Crippen LogP contribution in [-0.2, 0) is 6.54 Å². The van der Waals surface area contributed by atoms with Gasteiger partial charge in [-0.2, -0.15) is 5.10 Å². The average molecular weight is 367 g/mol. The summed E-state index contributed by atoms with van der Waals surface area (Å²) in [4.78, 5) is 4.08. The maximum atomic E-state index is 13.2. The zero-order chi connectivity index (χ0) is 14.9. The molecule has 3 aromatic rings. The zero-order valence-corrected chi connectivity index (χ0v) is 14.4. The number of hydrogen-bond donors (Lipinski definition) is 1. The Morgan fingerprint density at radius 3 is 2.38 bits per heavy atom. The lowest BCUT2D eigenvalue weighted by molar-refractivity contribution is 0.569. The van der Waals surface area contributed by atoms with Gasteiger partial charge in [-0.15, -0.1) is 24.8 Å². The molecule has 1 N–H and O–H groups in total. The predicted molar refractivity (Wildman–Crippen MR) is 98.5 cm³/mol. The second-order valence-electron chi connectivity index (χ2n) is 5.32. The van der Waals surface area contributed by atoms with Crippen LogP contribution in [0.2, 0.25) is 0 Å². The Bertz CT molecular complexity index is 803. The number of nitrogens with one attached hydrogen (secondary N) is 1. The second kappa shape index (κ2) is 7.64. The molecule has 4 rings (SSSR count). The third kappa shape index (κ3) is 3.23. The molecule has 1 aliphatic rings. The largest absolute Gasteiger partial charge is 0.370 e. The number of anilines is 1. The Morgan fingerprint density at radius 1 is 0.958 bits per heavy atom. The summed E-state index contributed by atoms with van der Waals surface area (Å²) in [5, 5.41) is 8.18. The van der Waals surface area contributed by atoms with Crippen molar-refractivity contribution < 1.29 is 4.39 Å². The summed E-state index contributed by atoms with van der Waals surface area (Å²) >= 11 is 0. The molecule has 0 amide bonds. The van der Waals surface area contributed by atoms with Crippen molar-refractivity contribution in [3.63, 3.8) is 0 Å². The van der Waals surface area contributed by atoms with Crippen LogP contribution in [-0.4, -0.2) is 21.3 Å². The lowest BCUT2D eigenvalue weighted by Gasteiger charge is -2.16. The minimum atomic E-state index is -0.240. The van der Waals surface area contributed by atoms with E-state index in [9.17, 15) is 4.39 Å². The van der Waals surface area contributed by atoms with Gasteiger partial charge >= 0.3 is 0 Å². The van der Waals surface area contributed by atoms with E-state index < -0.39 is 0 Å². The van der Waals surface area contributed by atoms with Gasteiger partial charge in [0.15, 0.2) is 0 Å². The lowest BCUT2D eigenvalue weighted by Crippen LogP contribution is -2.17. The first-order chi connectivity index (χ1) is 10.8. The lowest BCUT2D eigenvalue weighted by atomic mass is 10.0. The number of fused-ring (bicyclic) bond motifs is 1. The molecule has 4 nitrogen and oxygen atoms in total. The van der Waals surface area contributed by atoms with E-state index >= 15 is 0 Å². The Morgan fingerprint density at radius 2 is 1.67 bits per heavy atom. The summed E-state index contributed by atoms with van der Waals surface area (Å²) < 4.78 is 15.2. The normalized spacial score (nSPS) is 12.4. The third-order valence-electron chi connectivity index (χ3n) is 3.88. The number of aryl methyl sites for hydroxylation is 1. The molecule has 1 aromatic carbocycles. The summed E-state index contributed by atoms with van der Waals surface area (Å²) in [6.07, 6.45) is 4.60. The zero-order valence-electron chi connectivity index (χ0n) is 12.8. The van der Waals surface area contributed by atoms with Gasteiger partial charge in [-0.1, -0.05) is 0 Å². The van der Waals surface area contributed by atoms with Crippen LogP contribution in [0, 0.1) is 5.82 Å². The molecule has 2 aromatic heterocycles. The topological polar surface area (TPSA) is 42.7 Å². The van der Waals surface area contributed by atoms with E-state index in [4.69, 9.17) is 5.10 Å². The van der Waals surface area contributed by atoms with Gasteiger partial charge in [-0.25, -0.2) is 9.07 Å². The van der Waals surface area contributed by atoms with Crippen molar-refractivity contribution in [3.05, 3.63) is 54.6 Å². The highest BCUT2D eigenvalue weighted by atomic mass is 35.5. The molecule has 7 heteroatoms. The van der Waals surface area contributed by atoms with Gasteiger partial charge in [0.2, 0.25) is 0 Å². The molecule has 3 heterocycles. The molecular formula is C17H17Cl2FN4. The van der Waals surface area contributed by atoms with Crippen LogP contribution in [0.15, 0.2) is 48.8 Å². The SMILES string of the molecule is Cl.Cl.Fc1ccc(-c2nn3c(c2-c2ccncc2)NCCC3)cc1. The van der Waals surface area contributed by atoms with Gasteiger partial charge in [0.25, 0.3) is 0 Å². The fourth-order valence-corrected chi connectivity index (χ4v) is 2.84. The van der Waals surface area contributed by atoms with Crippen molar-refractivity contribution in [1.29, 1.82) is 0 Å². The van der Waals surface area contributed by atoms with Crippen molar-refractivity contribution in [1.82, 2.24) is 14.8 Å². The van der Waals surface area contributed by atoms with Crippen LogP contribution >= 0.6 is 24.8 Å². The number of nitrogens with zero attached hydrogens (tertiary/aromatic N) is 3. The third-order valence-corrected chi connectivity index (χ3v) is 3.88. The van der Waals surface area contributed by atoms with Gasteiger partial charge in [-0.3, -0.25) is 4.98 Å². The number of halogens is 3. The standard InChI is InChI=1S/C17H15FN4.2ClH/c18-14-4-2-13(3-5-14)16-15(12-6-9-19-10-7-12)17-20-8-1-11-22(17)21-16;;/h2-7,9-10,20H,1,8,11H2;2*1H. The van der Waals surface area contributed by atoms with Gasteiger partial charge in [0, 0.05) is 31.0 Å². The Balaban J connectivity index is 0.00000104. The molecule has 0 unspecified atom stereocenters. The Kier molecular flexibility index (Phi) is 5.80. The first-order valence-electron chi connectivity index (χ1n) is 7.34. The van der Waals surface area contributed by atoms with Gasteiger partial charge in [-0.05, 0) is 48.4 Å². The Labute approximate surface area is 151 Å². The molecule has 0 bridgehead atoms. The van der Waals surface area contributed by atoms with E-state index in [1.165, 1.54) is 12.1 Å². The summed E-state index contributed by atoms with van der Waals surface area (Å²) in [5.41, 5.74) is 3.89. The van der Waals surface area contributed by atoms with Crippen LogP contribution in [0.1, 0.15) is 6.42 Å². The molecule has 24 heavy (non-hydrogen) atoms. The van der Waals surface area contributed by atoms with Crippen LogP contribution < -0.4 is 5.32 Å². The van der Waals surface area contributed by atoms with Crippen LogP contribution in [0.25, 0.3) is 22.4 Å². The van der Waals surface area contributed by atoms with Crippen LogP contribution in [0.5, 0.6) is 0 Å². The minimum absolute atomic E-state index is 0. The minimum Gasteiger partial charge on any atom is -0.370 e. The number of rotatable bonds is 2. The van der Waals surface area contributed by atoms with Crippen molar-refractivity contribution in [2.24, 2.45) is 0 Å². The van der Waals surface area contributed by atoms with E-state index in [0.29, 0.717) is 0 Å². The highest BCUT2D eigenvalue weighted by Crippen LogP contribution is 2.38. The summed E-state index contributed by atoms with van der Waals surface area (Å²) in [5.74, 6) is 0.785. The fraction of sp³-hybridized carbons (Fsp3) is 0.176. The quantitative estimate of drug-likeness (QED) is 0.730. The number of aromatic nitrogens is 3. The predicted octanol–water partition coefficient (Wildman–Crippen LogP) is 4.41. The smallest absolute Gasteiger partial charge is 0.132 e. The van der Waals surface area contributed by atoms with Crippen molar-refractivity contribution in [2.75, 3.05) is 11.9 Å². The molecule has 0 fully saturated rings. The summed E-state index contributed by atoms with van der Waals surface area (Å²) in [6.45, 7) is 1.83. The molecule has 1 aliphatic heterocycles. The Hall–Kier alpha value is -2.11. The van der Waals surface area contributed by atoms with Crippen molar-refractivity contribution >= 4 is 30.6 Å². The van der Waals surface area contributed by atoms with Gasteiger partial charge in [0.05, 0.1) is 5.56 Å². The molecule has 0 spiro atoms. The van der Waals surface area contributed by atoms with E-state index in [0.717, 1.165) is 47.7 Å². The first kappa shape index (κ1) is 18.2. The molecule has 0 saturated carbocycles. The monoisotopic (exact) mass is 366 g/mol. The molecule has 0 radical (unpaired) electrons. The molecule has 0 atom stereocenters. The highest BCUT2D eigenvalue weighted by Gasteiger charge is 2.22. The van der Waals surface area contributed by atoms with E-state index in [-0.39, 0.29) is 30.6 Å². The second-order valence-corrected chi connectivity index (χ2v) is 5.32. The number of benzene rings is 1. The summed E-state index contributed by atoms with van der Waals surface area (Å²) in [6, 6.07) is 10.4. The van der Waals surface area contributed by atoms with E-state index in [2.05, 4.69) is 10.3 Å². The van der Waals surface area contributed by atoms with E-state index in [1.807, 2.05) is 16.8 Å². The molecular weight excluding hydrogens is 350 g/mol. The van der Waals surface area contributed by atoms with Crippen LogP contribution in [0.3, 0.4) is 0 Å². The first-order valence-corrected chi connectivity index (χ1v) is 7.34. The maximum Gasteiger partial charge on any atom is 0.132 e. The van der Waals surface area contributed by atoms with Crippen molar-refractivity contribution in [3.8, 4) is 22.4 Å².